The Kier molecular flexibility index (Phi) is 9.03. The fourth-order valence-corrected chi connectivity index (χ4v) is 4.64. The van der Waals surface area contributed by atoms with Gasteiger partial charge < -0.3 is 10.2 Å². The normalized spacial score (nSPS) is 11.6. The van der Waals surface area contributed by atoms with E-state index in [1.807, 2.05) is 60.7 Å². The van der Waals surface area contributed by atoms with E-state index in [-0.39, 0.29) is 24.1 Å². The number of amides is 2. The van der Waals surface area contributed by atoms with Crippen LogP contribution in [0.3, 0.4) is 0 Å². The molecule has 3 rings (SSSR count). The molecule has 4 nitrogen and oxygen atoms in total. The molecule has 0 aliphatic rings. The number of carbonyl (C=O) groups is 2. The highest BCUT2D eigenvalue weighted by molar-refractivity contribution is 8.00. The number of thioether (sulfide) groups is 1. The van der Waals surface area contributed by atoms with Crippen LogP contribution in [-0.4, -0.2) is 35.6 Å². The largest absolute Gasteiger partial charge is 0.357 e. The van der Waals surface area contributed by atoms with E-state index < -0.39 is 6.04 Å². The van der Waals surface area contributed by atoms with Crippen molar-refractivity contribution < 1.29 is 9.59 Å². The second-order valence-corrected chi connectivity index (χ2v) is 9.01. The van der Waals surface area contributed by atoms with Gasteiger partial charge in [-0.2, -0.15) is 0 Å². The van der Waals surface area contributed by atoms with Crippen molar-refractivity contribution in [1.82, 2.24) is 10.2 Å². The van der Waals surface area contributed by atoms with Crippen molar-refractivity contribution in [2.24, 2.45) is 0 Å². The van der Waals surface area contributed by atoms with Crippen LogP contribution in [0.1, 0.15) is 11.1 Å². The van der Waals surface area contributed by atoms with E-state index in [9.17, 15) is 9.59 Å². The summed E-state index contributed by atoms with van der Waals surface area (Å²) in [5.41, 5.74) is 1.58. The number of hydrogen-bond acceptors (Lipinski definition) is 3. The van der Waals surface area contributed by atoms with Crippen molar-refractivity contribution in [3.8, 4) is 0 Å². The first-order chi connectivity index (χ1) is 15.5. The number of rotatable bonds is 9. The van der Waals surface area contributed by atoms with Crippen molar-refractivity contribution >= 4 is 46.8 Å². The van der Waals surface area contributed by atoms with Crippen LogP contribution in [0.25, 0.3) is 0 Å². The first-order valence-corrected chi connectivity index (χ1v) is 11.9. The maximum Gasteiger partial charge on any atom is 0.242 e. The summed E-state index contributed by atoms with van der Waals surface area (Å²) in [6.07, 6.45) is 0.379. The smallest absolute Gasteiger partial charge is 0.242 e. The number of benzene rings is 3. The van der Waals surface area contributed by atoms with Crippen molar-refractivity contribution in [1.29, 1.82) is 0 Å². The first kappa shape index (κ1) is 24.2. The lowest BCUT2D eigenvalue weighted by Gasteiger charge is -2.31. The second-order valence-electron chi connectivity index (χ2n) is 7.14. The molecule has 0 aliphatic heterocycles. The third-order valence-corrected chi connectivity index (χ3v) is 6.72. The van der Waals surface area contributed by atoms with E-state index >= 15 is 0 Å². The van der Waals surface area contributed by atoms with E-state index in [2.05, 4.69) is 5.32 Å². The SMILES string of the molecule is CNC(=O)[C@H](Cc1ccccc1)N(Cc1c(Cl)cccc1Cl)C(=O)CSc1ccccc1. The van der Waals surface area contributed by atoms with Gasteiger partial charge in [0.1, 0.15) is 6.04 Å². The lowest BCUT2D eigenvalue weighted by molar-refractivity contribution is -0.139. The van der Waals surface area contributed by atoms with Crippen molar-refractivity contribution in [2.45, 2.75) is 23.9 Å². The van der Waals surface area contributed by atoms with Crippen molar-refractivity contribution in [2.75, 3.05) is 12.8 Å². The minimum atomic E-state index is -0.710. The molecule has 0 saturated heterocycles. The summed E-state index contributed by atoms with van der Waals surface area (Å²) in [6, 6.07) is 23.8. The highest BCUT2D eigenvalue weighted by Gasteiger charge is 2.30. The molecular formula is C25H24Cl2N2O2S. The molecule has 0 heterocycles. The molecule has 7 heteroatoms. The third kappa shape index (κ3) is 6.52. The first-order valence-electron chi connectivity index (χ1n) is 10.2. The van der Waals surface area contributed by atoms with Gasteiger partial charge >= 0.3 is 0 Å². The Morgan fingerprint density at radius 3 is 2.09 bits per heavy atom. The molecule has 0 saturated carbocycles. The van der Waals surface area contributed by atoms with E-state index in [1.165, 1.54) is 11.8 Å². The van der Waals surface area contributed by atoms with Gasteiger partial charge in [-0.05, 0) is 29.8 Å². The van der Waals surface area contributed by atoms with Gasteiger partial charge in [-0.3, -0.25) is 9.59 Å². The standard InChI is InChI=1S/C25H24Cl2N2O2S/c1-28-25(31)23(15-18-9-4-2-5-10-18)29(16-20-21(26)13-8-14-22(20)27)24(30)17-32-19-11-6-3-7-12-19/h2-14,23H,15-17H2,1H3,(H,28,31)/t23-/m0/s1. The number of hydrogen-bond donors (Lipinski definition) is 1. The van der Waals surface area contributed by atoms with Gasteiger partial charge in [0.2, 0.25) is 11.8 Å². The minimum Gasteiger partial charge on any atom is -0.357 e. The fourth-order valence-electron chi connectivity index (χ4n) is 3.32. The number of likely N-dealkylation sites (N-methyl/N-ethyl adjacent to an activating group) is 1. The molecule has 2 amide bonds. The summed E-state index contributed by atoms with van der Waals surface area (Å²) in [7, 11) is 1.57. The number of carbonyl (C=O) groups excluding carboxylic acids is 2. The molecule has 0 radical (unpaired) electrons. The van der Waals surface area contributed by atoms with Gasteiger partial charge in [0.05, 0.1) is 5.75 Å². The minimum absolute atomic E-state index is 0.137. The maximum absolute atomic E-state index is 13.4. The third-order valence-electron chi connectivity index (χ3n) is 5.01. The number of nitrogens with zero attached hydrogens (tertiary/aromatic N) is 1. The molecule has 1 N–H and O–H groups in total. The molecule has 3 aromatic carbocycles. The Bertz CT molecular complexity index is 1030. The highest BCUT2D eigenvalue weighted by atomic mass is 35.5. The van der Waals surface area contributed by atoms with Crippen LogP contribution >= 0.6 is 35.0 Å². The zero-order chi connectivity index (χ0) is 22.9. The fraction of sp³-hybridized carbons (Fsp3) is 0.200. The number of nitrogens with one attached hydrogen (secondary N) is 1. The van der Waals surface area contributed by atoms with Crippen LogP contribution in [0, 0.1) is 0 Å². The Morgan fingerprint density at radius 1 is 0.906 bits per heavy atom. The summed E-state index contributed by atoms with van der Waals surface area (Å²) in [4.78, 5) is 28.9. The average molecular weight is 487 g/mol. The van der Waals surface area contributed by atoms with Crippen molar-refractivity contribution in [3.05, 3.63) is 100 Å². The van der Waals surface area contributed by atoms with Crippen molar-refractivity contribution in [3.63, 3.8) is 0 Å². The van der Waals surface area contributed by atoms with E-state index in [1.54, 1.807) is 30.1 Å². The summed E-state index contributed by atoms with van der Waals surface area (Å²) < 4.78 is 0. The quantitative estimate of drug-likeness (QED) is 0.407. The van der Waals surface area contributed by atoms with Crippen LogP contribution in [0.5, 0.6) is 0 Å². The summed E-state index contributed by atoms with van der Waals surface area (Å²) in [5.74, 6) is -0.219. The van der Waals surface area contributed by atoms with Crippen LogP contribution in [0.2, 0.25) is 10.0 Å². The predicted molar refractivity (Wildman–Crippen MR) is 132 cm³/mol. The molecule has 0 aliphatic carbocycles. The topological polar surface area (TPSA) is 49.4 Å². The van der Waals surface area contributed by atoms with Crippen LogP contribution < -0.4 is 5.32 Å². The van der Waals surface area contributed by atoms with Crippen LogP contribution in [-0.2, 0) is 22.6 Å². The Labute approximate surface area is 202 Å². The molecule has 0 unspecified atom stereocenters. The van der Waals surface area contributed by atoms with Gasteiger partial charge in [0.15, 0.2) is 0 Å². The van der Waals surface area contributed by atoms with E-state index in [4.69, 9.17) is 23.2 Å². The van der Waals surface area contributed by atoms with Gasteiger partial charge in [0, 0.05) is 40.5 Å². The van der Waals surface area contributed by atoms with Crippen LogP contribution in [0.4, 0.5) is 0 Å². The summed E-state index contributed by atoms with van der Waals surface area (Å²) in [6.45, 7) is 0.137. The van der Waals surface area contributed by atoms with Gasteiger partial charge in [0.25, 0.3) is 0 Å². The monoisotopic (exact) mass is 486 g/mol. The van der Waals surface area contributed by atoms with E-state index in [0.29, 0.717) is 22.0 Å². The maximum atomic E-state index is 13.4. The van der Waals surface area contributed by atoms with Gasteiger partial charge in [-0.15, -0.1) is 11.8 Å². The molecule has 0 spiro atoms. The zero-order valence-electron chi connectivity index (χ0n) is 17.6. The molecule has 0 fully saturated rings. The van der Waals surface area contributed by atoms with Gasteiger partial charge in [-0.1, -0.05) is 77.8 Å². The molecule has 166 valence electrons. The van der Waals surface area contributed by atoms with Crippen LogP contribution in [0.15, 0.2) is 83.8 Å². The Balaban J connectivity index is 1.92. The number of halogens is 2. The summed E-state index contributed by atoms with van der Waals surface area (Å²) >= 11 is 14.2. The Morgan fingerprint density at radius 2 is 1.50 bits per heavy atom. The Hall–Kier alpha value is -2.47. The molecule has 0 aromatic heterocycles. The second kappa shape index (κ2) is 12.0. The molecule has 32 heavy (non-hydrogen) atoms. The zero-order valence-corrected chi connectivity index (χ0v) is 20.0. The molecular weight excluding hydrogens is 463 g/mol. The van der Waals surface area contributed by atoms with Gasteiger partial charge in [-0.25, -0.2) is 0 Å². The molecule has 3 aromatic rings. The summed E-state index contributed by atoms with van der Waals surface area (Å²) in [5, 5.41) is 3.62. The lowest BCUT2D eigenvalue weighted by atomic mass is 10.0. The highest BCUT2D eigenvalue weighted by Crippen LogP contribution is 2.28. The predicted octanol–water partition coefficient (Wildman–Crippen LogP) is 5.47. The molecule has 1 atom stereocenters. The molecule has 0 bridgehead atoms. The van der Waals surface area contributed by atoms with E-state index in [0.717, 1.165) is 10.5 Å². The lowest BCUT2D eigenvalue weighted by Crippen LogP contribution is -2.50. The average Bonchev–Trinajstić information content (AvgIpc) is 2.82.